The second kappa shape index (κ2) is 3.43. The lowest BCUT2D eigenvalue weighted by Gasteiger charge is -2.32. The van der Waals surface area contributed by atoms with Crippen molar-refractivity contribution in [1.29, 1.82) is 0 Å². The molecule has 0 saturated heterocycles. The van der Waals surface area contributed by atoms with Gasteiger partial charge in [-0.25, -0.2) is 9.97 Å². The summed E-state index contributed by atoms with van der Waals surface area (Å²) in [5.41, 5.74) is 5.70. The SMILES string of the molecule is NC1CC(Oc2ncnc3sccc23)C1. The Morgan fingerprint density at radius 2 is 2.27 bits per heavy atom. The summed E-state index contributed by atoms with van der Waals surface area (Å²) in [6, 6.07) is 2.29. The average molecular weight is 221 g/mol. The zero-order chi connectivity index (χ0) is 10.3. The van der Waals surface area contributed by atoms with E-state index in [1.807, 2.05) is 11.4 Å². The minimum atomic E-state index is 0.234. The van der Waals surface area contributed by atoms with Gasteiger partial charge in [-0.2, -0.15) is 0 Å². The van der Waals surface area contributed by atoms with E-state index in [4.69, 9.17) is 10.5 Å². The molecule has 1 saturated carbocycles. The van der Waals surface area contributed by atoms with Gasteiger partial charge in [0.05, 0.1) is 5.39 Å². The number of hydrogen-bond acceptors (Lipinski definition) is 5. The Hall–Kier alpha value is -1.20. The first-order valence-corrected chi connectivity index (χ1v) is 5.81. The highest BCUT2D eigenvalue weighted by Crippen LogP contribution is 2.29. The maximum absolute atomic E-state index is 5.77. The maximum Gasteiger partial charge on any atom is 0.225 e. The number of hydrogen-bond donors (Lipinski definition) is 1. The fraction of sp³-hybridized carbons (Fsp3) is 0.400. The summed E-state index contributed by atoms with van der Waals surface area (Å²) >= 11 is 1.60. The lowest BCUT2D eigenvalue weighted by atomic mass is 9.90. The molecule has 0 radical (unpaired) electrons. The van der Waals surface area contributed by atoms with Gasteiger partial charge in [-0.15, -0.1) is 11.3 Å². The molecule has 0 unspecified atom stereocenters. The van der Waals surface area contributed by atoms with Gasteiger partial charge in [0, 0.05) is 6.04 Å². The topological polar surface area (TPSA) is 61.0 Å². The van der Waals surface area contributed by atoms with Crippen molar-refractivity contribution >= 4 is 21.6 Å². The normalized spacial score (nSPS) is 25.1. The third-order valence-corrected chi connectivity index (χ3v) is 3.46. The van der Waals surface area contributed by atoms with Crippen molar-refractivity contribution in [2.75, 3.05) is 0 Å². The van der Waals surface area contributed by atoms with E-state index in [0.717, 1.165) is 23.1 Å². The molecular weight excluding hydrogens is 210 g/mol. The van der Waals surface area contributed by atoms with Gasteiger partial charge in [-0.05, 0) is 24.3 Å². The van der Waals surface area contributed by atoms with Crippen LogP contribution in [0, 0.1) is 0 Å². The van der Waals surface area contributed by atoms with Crippen LogP contribution in [0.15, 0.2) is 17.8 Å². The van der Waals surface area contributed by atoms with E-state index in [9.17, 15) is 0 Å². The zero-order valence-corrected chi connectivity index (χ0v) is 8.91. The van der Waals surface area contributed by atoms with Crippen LogP contribution in [0.1, 0.15) is 12.8 Å². The van der Waals surface area contributed by atoms with Gasteiger partial charge in [-0.1, -0.05) is 0 Å². The summed E-state index contributed by atoms with van der Waals surface area (Å²) in [5.74, 6) is 0.693. The molecule has 0 aromatic carbocycles. The number of nitrogens with zero attached hydrogens (tertiary/aromatic N) is 2. The van der Waals surface area contributed by atoms with Gasteiger partial charge < -0.3 is 10.5 Å². The monoisotopic (exact) mass is 221 g/mol. The first kappa shape index (κ1) is 9.06. The molecule has 0 bridgehead atoms. The number of nitrogens with two attached hydrogens (primary N) is 1. The number of ether oxygens (including phenoxy) is 1. The van der Waals surface area contributed by atoms with Gasteiger partial charge in [0.1, 0.15) is 17.3 Å². The van der Waals surface area contributed by atoms with E-state index in [0.29, 0.717) is 11.9 Å². The van der Waals surface area contributed by atoms with Crippen LogP contribution >= 0.6 is 11.3 Å². The molecule has 0 amide bonds. The molecule has 5 heteroatoms. The lowest BCUT2D eigenvalue weighted by molar-refractivity contribution is 0.0976. The molecule has 1 aliphatic carbocycles. The lowest BCUT2D eigenvalue weighted by Crippen LogP contribution is -2.43. The summed E-state index contributed by atoms with van der Waals surface area (Å²) in [4.78, 5) is 9.30. The van der Waals surface area contributed by atoms with Crippen LogP contribution in [-0.2, 0) is 0 Å². The standard InChI is InChI=1S/C10H11N3OS/c11-6-3-7(4-6)14-9-8-1-2-15-10(8)13-5-12-9/h1-2,5-7H,3-4,11H2. The van der Waals surface area contributed by atoms with Crippen molar-refractivity contribution in [3.63, 3.8) is 0 Å². The van der Waals surface area contributed by atoms with Crippen LogP contribution in [0.2, 0.25) is 0 Å². The highest BCUT2D eigenvalue weighted by Gasteiger charge is 2.28. The minimum Gasteiger partial charge on any atom is -0.474 e. The van der Waals surface area contributed by atoms with Gasteiger partial charge >= 0.3 is 0 Å². The number of aromatic nitrogens is 2. The van der Waals surface area contributed by atoms with Gasteiger partial charge in [0.15, 0.2) is 0 Å². The Kier molecular flexibility index (Phi) is 2.07. The summed E-state index contributed by atoms with van der Waals surface area (Å²) in [5, 5.41) is 3.00. The molecule has 2 aromatic heterocycles. The Morgan fingerprint density at radius 3 is 3.07 bits per heavy atom. The van der Waals surface area contributed by atoms with Gasteiger partial charge in [0.2, 0.25) is 5.88 Å². The van der Waals surface area contributed by atoms with Gasteiger partial charge in [-0.3, -0.25) is 0 Å². The Morgan fingerprint density at radius 1 is 1.40 bits per heavy atom. The van der Waals surface area contributed by atoms with E-state index in [1.54, 1.807) is 17.7 Å². The molecule has 4 nitrogen and oxygen atoms in total. The molecule has 2 heterocycles. The first-order chi connectivity index (χ1) is 7.33. The second-order valence-electron chi connectivity index (χ2n) is 3.79. The fourth-order valence-electron chi connectivity index (χ4n) is 1.72. The number of rotatable bonds is 2. The maximum atomic E-state index is 5.77. The molecule has 78 valence electrons. The Balaban J connectivity index is 1.87. The first-order valence-electron chi connectivity index (χ1n) is 4.93. The molecule has 3 rings (SSSR count). The van der Waals surface area contributed by atoms with Crippen molar-refractivity contribution in [3.8, 4) is 5.88 Å². The minimum absolute atomic E-state index is 0.234. The van der Waals surface area contributed by atoms with E-state index < -0.39 is 0 Å². The third kappa shape index (κ3) is 1.57. The molecule has 2 N–H and O–H groups in total. The van der Waals surface area contributed by atoms with Crippen molar-refractivity contribution in [1.82, 2.24) is 9.97 Å². The smallest absolute Gasteiger partial charge is 0.225 e. The number of thiophene rings is 1. The van der Waals surface area contributed by atoms with E-state index >= 15 is 0 Å². The molecular formula is C10H11N3OS. The van der Waals surface area contributed by atoms with E-state index in [-0.39, 0.29) is 6.10 Å². The predicted molar refractivity (Wildman–Crippen MR) is 59.0 cm³/mol. The fourth-order valence-corrected chi connectivity index (χ4v) is 2.44. The predicted octanol–water partition coefficient (Wildman–Crippen LogP) is 1.56. The quantitative estimate of drug-likeness (QED) is 0.836. The Labute approximate surface area is 91.1 Å². The molecule has 1 fully saturated rings. The van der Waals surface area contributed by atoms with Crippen LogP contribution in [0.5, 0.6) is 5.88 Å². The van der Waals surface area contributed by atoms with Crippen molar-refractivity contribution in [2.45, 2.75) is 25.0 Å². The zero-order valence-electron chi connectivity index (χ0n) is 8.09. The second-order valence-corrected chi connectivity index (χ2v) is 4.68. The summed E-state index contributed by atoms with van der Waals surface area (Å²) in [6.45, 7) is 0. The molecule has 0 spiro atoms. The van der Waals surface area contributed by atoms with E-state index in [1.165, 1.54) is 0 Å². The molecule has 2 aromatic rings. The van der Waals surface area contributed by atoms with Crippen LogP contribution in [0.3, 0.4) is 0 Å². The third-order valence-electron chi connectivity index (χ3n) is 2.63. The van der Waals surface area contributed by atoms with Crippen LogP contribution in [-0.4, -0.2) is 22.1 Å². The highest BCUT2D eigenvalue weighted by molar-refractivity contribution is 7.16. The summed E-state index contributed by atoms with van der Waals surface area (Å²) in [6.07, 6.45) is 3.64. The molecule has 15 heavy (non-hydrogen) atoms. The summed E-state index contributed by atoms with van der Waals surface area (Å²) in [7, 11) is 0. The van der Waals surface area contributed by atoms with E-state index in [2.05, 4.69) is 9.97 Å². The highest BCUT2D eigenvalue weighted by atomic mass is 32.1. The number of fused-ring (bicyclic) bond motifs is 1. The Bertz CT molecular complexity index is 478. The van der Waals surface area contributed by atoms with Gasteiger partial charge in [0.25, 0.3) is 0 Å². The molecule has 0 aliphatic heterocycles. The largest absolute Gasteiger partial charge is 0.474 e. The van der Waals surface area contributed by atoms with Crippen LogP contribution in [0.25, 0.3) is 10.2 Å². The van der Waals surface area contributed by atoms with Crippen molar-refractivity contribution in [3.05, 3.63) is 17.8 Å². The van der Waals surface area contributed by atoms with Crippen molar-refractivity contribution < 1.29 is 4.74 Å². The van der Waals surface area contributed by atoms with Crippen molar-refractivity contribution in [2.24, 2.45) is 5.73 Å². The summed E-state index contributed by atoms with van der Waals surface area (Å²) < 4.78 is 5.77. The van der Waals surface area contributed by atoms with Crippen LogP contribution in [0.4, 0.5) is 0 Å². The molecule has 0 atom stereocenters. The molecule has 1 aliphatic rings. The van der Waals surface area contributed by atoms with Crippen LogP contribution < -0.4 is 10.5 Å². The average Bonchev–Trinajstić information content (AvgIpc) is 2.64.